The molecule has 0 radical (unpaired) electrons. The Labute approximate surface area is 256 Å². The lowest BCUT2D eigenvalue weighted by molar-refractivity contribution is -0.138. The van der Waals surface area contributed by atoms with Gasteiger partial charge in [0.15, 0.2) is 0 Å². The maximum atomic E-state index is 15.4. The predicted octanol–water partition coefficient (Wildman–Crippen LogP) is 5.21. The number of piperazine rings is 1. The average Bonchev–Trinajstić information content (AvgIpc) is 3.57. The summed E-state index contributed by atoms with van der Waals surface area (Å²) in [4.78, 5) is 18.0. The fourth-order valence-electron chi connectivity index (χ4n) is 5.99. The van der Waals surface area contributed by atoms with Gasteiger partial charge in [-0.15, -0.1) is 0 Å². The van der Waals surface area contributed by atoms with E-state index in [2.05, 4.69) is 4.98 Å². The zero-order valence-corrected chi connectivity index (χ0v) is 25.1. The normalized spacial score (nSPS) is 18.1. The molecule has 1 aliphatic heterocycles. The monoisotopic (exact) mass is 649 g/mol. The molecule has 0 bridgehead atoms. The molecular weight excluding hydrogens is 621 g/mol. The van der Waals surface area contributed by atoms with Crippen LogP contribution in [0.15, 0.2) is 48.2 Å². The van der Waals surface area contributed by atoms with Crippen LogP contribution in [0.3, 0.4) is 0 Å². The molecule has 238 valence electrons. The van der Waals surface area contributed by atoms with Crippen LogP contribution in [-0.4, -0.2) is 62.7 Å². The van der Waals surface area contributed by atoms with Gasteiger partial charge >= 0.3 is 12.1 Å². The molecule has 6 rings (SSSR count). The number of alkyl halides is 3. The second-order valence-electron chi connectivity index (χ2n) is 11.1. The van der Waals surface area contributed by atoms with E-state index in [9.17, 15) is 30.8 Å². The number of benzene rings is 2. The molecule has 45 heavy (non-hydrogen) atoms. The predicted molar refractivity (Wildman–Crippen MR) is 155 cm³/mol. The first-order chi connectivity index (χ1) is 21.3. The van der Waals surface area contributed by atoms with Crippen molar-refractivity contribution < 1.29 is 44.6 Å². The van der Waals surface area contributed by atoms with Crippen molar-refractivity contribution in [2.24, 2.45) is 5.92 Å². The molecule has 0 N–H and O–H groups in total. The number of aromatic nitrogens is 1. The van der Waals surface area contributed by atoms with Crippen LogP contribution < -0.4 is 9.64 Å². The summed E-state index contributed by atoms with van der Waals surface area (Å²) >= 11 is 0. The third kappa shape index (κ3) is 6.00. The number of sulfonamides is 1. The van der Waals surface area contributed by atoms with Crippen molar-refractivity contribution in [3.05, 3.63) is 82.1 Å². The summed E-state index contributed by atoms with van der Waals surface area (Å²) < 4.78 is 108. The van der Waals surface area contributed by atoms with Gasteiger partial charge in [0.25, 0.3) is 0 Å². The molecule has 2 aromatic carbocycles. The number of nitrogens with zero attached hydrogens (tertiary/aromatic N) is 3. The third-order valence-electron chi connectivity index (χ3n) is 8.26. The first-order valence-electron chi connectivity index (χ1n) is 14.2. The zero-order valence-electron chi connectivity index (χ0n) is 24.2. The Kier molecular flexibility index (Phi) is 7.84. The first-order valence-corrected chi connectivity index (χ1v) is 16.0. The van der Waals surface area contributed by atoms with E-state index in [1.165, 1.54) is 16.4 Å². The van der Waals surface area contributed by atoms with E-state index >= 15 is 4.39 Å². The van der Waals surface area contributed by atoms with Gasteiger partial charge in [-0.1, -0.05) is 0 Å². The molecule has 1 aromatic heterocycles. The van der Waals surface area contributed by atoms with Crippen LogP contribution in [0.5, 0.6) is 5.88 Å². The number of halogens is 5. The zero-order chi connectivity index (χ0) is 32.3. The van der Waals surface area contributed by atoms with Crippen LogP contribution >= 0.6 is 0 Å². The quantitative estimate of drug-likeness (QED) is 0.245. The number of pyridine rings is 1. The lowest BCUT2D eigenvalue weighted by Gasteiger charge is -2.34. The fraction of sp³-hybridized carbons (Fsp3) is 0.355. The summed E-state index contributed by atoms with van der Waals surface area (Å²) in [5.41, 5.74) is 1.09. The minimum Gasteiger partial charge on any atom is -0.473 e. The number of ether oxygens (including phenoxy) is 2. The van der Waals surface area contributed by atoms with Gasteiger partial charge in [0.05, 0.1) is 18.4 Å². The Hall–Kier alpha value is -4.04. The molecule has 2 aliphatic carbocycles. The number of hydrogen-bond donors (Lipinski definition) is 0. The maximum Gasteiger partial charge on any atom is 0.417 e. The van der Waals surface area contributed by atoms with Crippen LogP contribution in [0.4, 0.5) is 27.6 Å². The minimum atomic E-state index is -4.97. The number of hydrogen-bond acceptors (Lipinski definition) is 7. The second kappa shape index (κ2) is 11.4. The van der Waals surface area contributed by atoms with E-state index in [0.717, 1.165) is 35.1 Å². The van der Waals surface area contributed by atoms with Gasteiger partial charge in [-0.3, -0.25) is 0 Å². The molecule has 2 heterocycles. The van der Waals surface area contributed by atoms with E-state index in [1.807, 2.05) is 0 Å². The van der Waals surface area contributed by atoms with Crippen LogP contribution in [-0.2, 0) is 38.8 Å². The molecule has 14 heteroatoms. The maximum absolute atomic E-state index is 15.4. The van der Waals surface area contributed by atoms with Gasteiger partial charge in [0.2, 0.25) is 15.9 Å². The Bertz CT molecular complexity index is 1840. The standard InChI is InChI=1S/C31H28F5N3O5S/c1-3-43-30(40)29-22-10-17-12-27(37-15-23(17)28(22)29)44-16-18-11-21(24(14-25(18)32)31(34,35)36)20-5-4-19(13-26(20)33)38-6-8-39(9-7-38)45(2,41)42/h4-5,11-15,22H,3,6-10,16H2,1-2H3/t22-/m1/s1. The molecule has 8 nitrogen and oxygen atoms in total. The average molecular weight is 650 g/mol. The Morgan fingerprint density at radius 1 is 1.00 bits per heavy atom. The highest BCUT2D eigenvalue weighted by atomic mass is 32.2. The van der Waals surface area contributed by atoms with Crippen LogP contribution in [0, 0.1) is 17.6 Å². The summed E-state index contributed by atoms with van der Waals surface area (Å²) in [6, 6.07) is 6.66. The van der Waals surface area contributed by atoms with Crippen LogP contribution in [0.2, 0.25) is 0 Å². The van der Waals surface area contributed by atoms with Crippen molar-refractivity contribution in [2.75, 3.05) is 43.9 Å². The van der Waals surface area contributed by atoms with E-state index in [4.69, 9.17) is 9.47 Å². The molecule has 3 aliphatic rings. The van der Waals surface area contributed by atoms with Crippen molar-refractivity contribution in [3.8, 4) is 17.0 Å². The molecule has 0 saturated carbocycles. The molecule has 0 amide bonds. The van der Waals surface area contributed by atoms with Gasteiger partial charge in [-0.2, -0.15) is 17.5 Å². The first kappa shape index (κ1) is 31.0. The molecular formula is C31H28F5N3O5S. The van der Waals surface area contributed by atoms with Crippen molar-refractivity contribution in [1.82, 2.24) is 9.29 Å². The van der Waals surface area contributed by atoms with Gasteiger partial charge in [0, 0.05) is 72.3 Å². The fourth-order valence-corrected chi connectivity index (χ4v) is 6.81. The van der Waals surface area contributed by atoms with E-state index < -0.39 is 45.6 Å². The lowest BCUT2D eigenvalue weighted by atomic mass is 9.95. The highest BCUT2D eigenvalue weighted by molar-refractivity contribution is 7.88. The smallest absolute Gasteiger partial charge is 0.417 e. The van der Waals surface area contributed by atoms with Crippen molar-refractivity contribution in [1.29, 1.82) is 0 Å². The summed E-state index contributed by atoms with van der Waals surface area (Å²) in [6.07, 6.45) is -1.77. The Balaban J connectivity index is 1.22. The Morgan fingerprint density at radius 3 is 2.38 bits per heavy atom. The molecule has 1 atom stereocenters. The largest absolute Gasteiger partial charge is 0.473 e. The lowest BCUT2D eigenvalue weighted by Crippen LogP contribution is -2.48. The van der Waals surface area contributed by atoms with Crippen LogP contribution in [0.25, 0.3) is 16.7 Å². The second-order valence-corrected chi connectivity index (χ2v) is 13.1. The Morgan fingerprint density at radius 2 is 1.73 bits per heavy atom. The molecule has 3 aromatic rings. The third-order valence-corrected chi connectivity index (χ3v) is 9.56. The van der Waals surface area contributed by atoms with E-state index in [1.54, 1.807) is 24.1 Å². The summed E-state index contributed by atoms with van der Waals surface area (Å²) in [5.74, 6) is -2.38. The van der Waals surface area contributed by atoms with Gasteiger partial charge < -0.3 is 14.4 Å². The number of anilines is 1. The molecule has 0 unspecified atom stereocenters. The number of carbonyl (C=O) groups excluding carboxylic acids is 1. The van der Waals surface area contributed by atoms with Gasteiger partial charge in [-0.25, -0.2) is 27.0 Å². The van der Waals surface area contributed by atoms with E-state index in [-0.39, 0.29) is 61.7 Å². The van der Waals surface area contributed by atoms with Crippen molar-refractivity contribution in [3.63, 3.8) is 0 Å². The summed E-state index contributed by atoms with van der Waals surface area (Å²) in [5, 5.41) is 0. The van der Waals surface area contributed by atoms with Gasteiger partial charge in [0.1, 0.15) is 18.2 Å². The molecule has 1 fully saturated rings. The number of carbonyl (C=O) groups is 1. The van der Waals surface area contributed by atoms with Crippen molar-refractivity contribution in [2.45, 2.75) is 26.1 Å². The summed E-state index contributed by atoms with van der Waals surface area (Å²) in [6.45, 7) is 2.46. The molecule has 1 saturated heterocycles. The minimum absolute atomic E-state index is 0.0376. The highest BCUT2D eigenvalue weighted by Gasteiger charge is 2.48. The number of fused-ring (bicyclic) bond motifs is 3. The number of allylic oxidation sites excluding steroid dienone is 1. The van der Waals surface area contributed by atoms with Gasteiger partial charge in [-0.05, 0) is 60.4 Å². The SMILES string of the molecule is CCOC(=O)C1=C2c3cnc(OCc4cc(-c5ccc(N6CCN(S(C)(=O)=O)CC6)cc5F)c(C(F)(F)F)cc4F)cc3C[C@@H]12. The van der Waals surface area contributed by atoms with E-state index in [0.29, 0.717) is 23.7 Å². The number of rotatable bonds is 8. The van der Waals surface area contributed by atoms with Crippen molar-refractivity contribution >= 4 is 27.3 Å². The van der Waals surface area contributed by atoms with Crippen LogP contribution in [0.1, 0.15) is 29.2 Å². The highest BCUT2D eigenvalue weighted by Crippen LogP contribution is 2.56. The topological polar surface area (TPSA) is 89.0 Å². The molecule has 0 spiro atoms. The number of esters is 1. The summed E-state index contributed by atoms with van der Waals surface area (Å²) in [7, 11) is -3.38.